The number of hydrogen-bond donors (Lipinski definition) is 1. The molecule has 1 N–H and O–H groups in total. The second-order valence-electron chi connectivity index (χ2n) is 5.84. The van der Waals surface area contributed by atoms with Gasteiger partial charge in [-0.25, -0.2) is 0 Å². The van der Waals surface area contributed by atoms with Gasteiger partial charge in [0, 0.05) is 19.6 Å². The fourth-order valence-electron chi connectivity index (χ4n) is 1.93. The first-order valence-corrected chi connectivity index (χ1v) is 6.97. The molecule has 0 radical (unpaired) electrons. The van der Waals surface area contributed by atoms with E-state index in [0.717, 1.165) is 31.8 Å². The van der Waals surface area contributed by atoms with E-state index < -0.39 is 0 Å². The van der Waals surface area contributed by atoms with E-state index >= 15 is 0 Å². The summed E-state index contributed by atoms with van der Waals surface area (Å²) in [7, 11) is 4.25. The van der Waals surface area contributed by atoms with Crippen LogP contribution in [0.1, 0.15) is 40.0 Å². The van der Waals surface area contributed by atoms with Gasteiger partial charge < -0.3 is 14.9 Å². The zero-order valence-electron chi connectivity index (χ0n) is 12.4. The molecule has 0 fully saturated rings. The quantitative estimate of drug-likeness (QED) is 0.596. The molecule has 0 aromatic carbocycles. The van der Waals surface area contributed by atoms with Crippen LogP contribution in [0.5, 0.6) is 0 Å². The van der Waals surface area contributed by atoms with Gasteiger partial charge in [-0.05, 0) is 52.7 Å². The summed E-state index contributed by atoms with van der Waals surface area (Å²) >= 11 is 0. The highest BCUT2D eigenvalue weighted by atomic mass is 16.3. The molecule has 17 heavy (non-hydrogen) atoms. The minimum atomic E-state index is -0.143. The molecule has 3 nitrogen and oxygen atoms in total. The molecule has 0 aromatic rings. The molecule has 1 unspecified atom stereocenters. The van der Waals surface area contributed by atoms with E-state index in [1.165, 1.54) is 19.5 Å². The summed E-state index contributed by atoms with van der Waals surface area (Å²) in [6, 6.07) is 0. The Balaban J connectivity index is 3.76. The predicted octanol–water partition coefficient (Wildman–Crippen LogP) is 2.06. The smallest absolute Gasteiger partial charge is 0.0512 e. The average molecular weight is 244 g/mol. The summed E-state index contributed by atoms with van der Waals surface area (Å²) in [6.45, 7) is 11.1. The van der Waals surface area contributed by atoms with E-state index in [1.54, 1.807) is 0 Å². The lowest BCUT2D eigenvalue weighted by Gasteiger charge is -2.25. The maximum Gasteiger partial charge on any atom is 0.0512 e. The van der Waals surface area contributed by atoms with Crippen molar-refractivity contribution in [2.45, 2.75) is 46.1 Å². The third-order valence-corrected chi connectivity index (χ3v) is 2.83. The molecule has 0 aliphatic heterocycles. The van der Waals surface area contributed by atoms with Gasteiger partial charge in [-0.1, -0.05) is 13.8 Å². The molecule has 0 heterocycles. The maximum absolute atomic E-state index is 9.22. The maximum atomic E-state index is 9.22. The highest BCUT2D eigenvalue weighted by molar-refractivity contribution is 4.62. The topological polar surface area (TPSA) is 26.7 Å². The molecule has 0 rings (SSSR count). The average Bonchev–Trinajstić information content (AvgIpc) is 2.19. The molecule has 0 amide bonds. The van der Waals surface area contributed by atoms with Crippen molar-refractivity contribution >= 4 is 0 Å². The minimum absolute atomic E-state index is 0.143. The fourth-order valence-corrected chi connectivity index (χ4v) is 1.93. The molecule has 0 bridgehead atoms. The molecule has 0 aliphatic rings. The van der Waals surface area contributed by atoms with Gasteiger partial charge in [0.1, 0.15) is 0 Å². The monoisotopic (exact) mass is 244 g/mol. The minimum Gasteiger partial charge on any atom is -0.393 e. The Labute approximate surface area is 108 Å². The largest absolute Gasteiger partial charge is 0.393 e. The predicted molar refractivity (Wildman–Crippen MR) is 75.4 cm³/mol. The lowest BCUT2D eigenvalue weighted by Crippen LogP contribution is -2.35. The zero-order valence-corrected chi connectivity index (χ0v) is 12.4. The Morgan fingerprint density at radius 1 is 0.941 bits per heavy atom. The third-order valence-electron chi connectivity index (χ3n) is 2.83. The summed E-state index contributed by atoms with van der Waals surface area (Å²) in [5, 5.41) is 9.22. The highest BCUT2D eigenvalue weighted by Crippen LogP contribution is 2.05. The molecule has 1 atom stereocenters. The number of likely N-dealkylation sites (N-methyl/N-ethyl adjacent to an activating group) is 1. The molecular formula is C14H32N2O. The van der Waals surface area contributed by atoms with Gasteiger partial charge in [0.25, 0.3) is 0 Å². The van der Waals surface area contributed by atoms with Crippen molar-refractivity contribution in [1.82, 2.24) is 9.80 Å². The van der Waals surface area contributed by atoms with Crippen molar-refractivity contribution < 1.29 is 5.11 Å². The first-order valence-electron chi connectivity index (χ1n) is 6.97. The first kappa shape index (κ1) is 16.9. The fraction of sp³-hybridized carbons (Fsp3) is 1.00. The molecule has 0 aromatic heterocycles. The normalized spacial score (nSPS) is 13.9. The molecule has 0 saturated carbocycles. The van der Waals surface area contributed by atoms with Crippen LogP contribution < -0.4 is 0 Å². The first-order chi connectivity index (χ1) is 7.91. The summed E-state index contributed by atoms with van der Waals surface area (Å²) in [4.78, 5) is 4.79. The number of hydrogen-bond acceptors (Lipinski definition) is 3. The van der Waals surface area contributed by atoms with Crippen molar-refractivity contribution in [2.75, 3.05) is 40.3 Å². The van der Waals surface area contributed by atoms with Crippen LogP contribution in [0.4, 0.5) is 0 Å². The van der Waals surface area contributed by atoms with E-state index in [9.17, 15) is 5.11 Å². The Kier molecular flexibility index (Phi) is 9.79. The van der Waals surface area contributed by atoms with Gasteiger partial charge in [-0.2, -0.15) is 0 Å². The number of aliphatic hydroxyl groups excluding tert-OH is 1. The summed E-state index contributed by atoms with van der Waals surface area (Å²) in [5.74, 6) is 0.730. The SMILES string of the molecule is CC(C)CN(CCCCC(C)O)CCN(C)C. The Hall–Kier alpha value is -0.120. The van der Waals surface area contributed by atoms with Crippen molar-refractivity contribution in [1.29, 1.82) is 0 Å². The van der Waals surface area contributed by atoms with Crippen LogP contribution in [-0.2, 0) is 0 Å². The Morgan fingerprint density at radius 2 is 1.59 bits per heavy atom. The van der Waals surface area contributed by atoms with Gasteiger partial charge in [-0.3, -0.25) is 0 Å². The van der Waals surface area contributed by atoms with Crippen LogP contribution in [0, 0.1) is 5.92 Å². The van der Waals surface area contributed by atoms with E-state index in [0.29, 0.717) is 0 Å². The number of unbranched alkanes of at least 4 members (excludes halogenated alkanes) is 1. The lowest BCUT2D eigenvalue weighted by atomic mass is 10.1. The van der Waals surface area contributed by atoms with Crippen molar-refractivity contribution in [3.05, 3.63) is 0 Å². The standard InChI is InChI=1S/C14H32N2O/c1-13(2)12-16(11-10-15(4)5)9-7-6-8-14(3)17/h13-14,17H,6-12H2,1-5H3. The summed E-state index contributed by atoms with van der Waals surface area (Å²) < 4.78 is 0. The molecule has 0 saturated heterocycles. The number of rotatable bonds is 10. The van der Waals surface area contributed by atoms with E-state index in [1.807, 2.05) is 6.92 Å². The van der Waals surface area contributed by atoms with Gasteiger partial charge >= 0.3 is 0 Å². The molecule has 0 aliphatic carbocycles. The van der Waals surface area contributed by atoms with Crippen LogP contribution in [0.15, 0.2) is 0 Å². The van der Waals surface area contributed by atoms with Crippen molar-refractivity contribution in [2.24, 2.45) is 5.92 Å². The highest BCUT2D eigenvalue weighted by Gasteiger charge is 2.07. The van der Waals surface area contributed by atoms with Gasteiger partial charge in [-0.15, -0.1) is 0 Å². The van der Waals surface area contributed by atoms with E-state index in [2.05, 4.69) is 37.7 Å². The van der Waals surface area contributed by atoms with Crippen LogP contribution in [-0.4, -0.2) is 61.3 Å². The molecule has 3 heteroatoms. The van der Waals surface area contributed by atoms with Crippen LogP contribution in [0.3, 0.4) is 0 Å². The van der Waals surface area contributed by atoms with Crippen molar-refractivity contribution in [3.8, 4) is 0 Å². The van der Waals surface area contributed by atoms with E-state index in [-0.39, 0.29) is 6.10 Å². The van der Waals surface area contributed by atoms with Crippen LogP contribution in [0.2, 0.25) is 0 Å². The number of nitrogens with zero attached hydrogens (tertiary/aromatic N) is 2. The Morgan fingerprint density at radius 3 is 2.06 bits per heavy atom. The Bertz CT molecular complexity index is 170. The summed E-state index contributed by atoms with van der Waals surface area (Å²) in [6.07, 6.45) is 3.12. The lowest BCUT2D eigenvalue weighted by molar-refractivity contribution is 0.173. The third kappa shape index (κ3) is 12.1. The van der Waals surface area contributed by atoms with Gasteiger partial charge in [0.05, 0.1) is 6.10 Å². The van der Waals surface area contributed by atoms with E-state index in [4.69, 9.17) is 0 Å². The van der Waals surface area contributed by atoms with Gasteiger partial charge in [0.15, 0.2) is 0 Å². The number of aliphatic hydroxyl groups is 1. The molecule has 0 spiro atoms. The second-order valence-corrected chi connectivity index (χ2v) is 5.84. The molecular weight excluding hydrogens is 212 g/mol. The van der Waals surface area contributed by atoms with Gasteiger partial charge in [0.2, 0.25) is 0 Å². The van der Waals surface area contributed by atoms with Crippen LogP contribution >= 0.6 is 0 Å². The summed E-state index contributed by atoms with van der Waals surface area (Å²) in [5.41, 5.74) is 0. The molecule has 104 valence electrons. The van der Waals surface area contributed by atoms with Crippen LogP contribution in [0.25, 0.3) is 0 Å². The van der Waals surface area contributed by atoms with Crippen molar-refractivity contribution in [3.63, 3.8) is 0 Å². The second kappa shape index (κ2) is 9.86. The zero-order chi connectivity index (χ0) is 13.3.